The summed E-state index contributed by atoms with van der Waals surface area (Å²) in [5.41, 5.74) is 10.2. The van der Waals surface area contributed by atoms with Crippen molar-refractivity contribution in [2.45, 2.75) is 19.4 Å². The average molecular weight is 252 g/mol. The van der Waals surface area contributed by atoms with E-state index in [1.807, 2.05) is 43.3 Å². The van der Waals surface area contributed by atoms with Gasteiger partial charge in [-0.05, 0) is 30.5 Å². The molecule has 0 saturated carbocycles. The number of benzene rings is 2. The van der Waals surface area contributed by atoms with Crippen LogP contribution in [0.1, 0.15) is 23.1 Å². The minimum atomic E-state index is -0.214. The first-order valence-electron chi connectivity index (χ1n) is 6.39. The fourth-order valence-corrected chi connectivity index (χ4v) is 2.22. The van der Waals surface area contributed by atoms with Gasteiger partial charge in [-0.25, -0.2) is 4.98 Å². The van der Waals surface area contributed by atoms with Crippen molar-refractivity contribution in [3.8, 4) is 0 Å². The summed E-state index contributed by atoms with van der Waals surface area (Å²) in [5, 5.41) is 0. The topological polar surface area (TPSA) is 52.0 Å². The van der Waals surface area contributed by atoms with E-state index in [2.05, 4.69) is 17.1 Å². The lowest BCUT2D eigenvalue weighted by molar-refractivity contribution is 0.473. The van der Waals surface area contributed by atoms with Gasteiger partial charge in [0.2, 0.25) is 5.89 Å². The molecular formula is C16H16N2O. The zero-order chi connectivity index (χ0) is 13.2. The molecule has 0 fully saturated rings. The van der Waals surface area contributed by atoms with Crippen LogP contribution < -0.4 is 5.73 Å². The highest BCUT2D eigenvalue weighted by Gasteiger charge is 2.15. The molecule has 3 rings (SSSR count). The molecule has 96 valence electrons. The zero-order valence-corrected chi connectivity index (χ0v) is 10.8. The van der Waals surface area contributed by atoms with Crippen molar-refractivity contribution in [1.82, 2.24) is 4.98 Å². The third kappa shape index (κ3) is 2.37. The van der Waals surface area contributed by atoms with Crippen LogP contribution in [0.15, 0.2) is 52.9 Å². The van der Waals surface area contributed by atoms with E-state index in [4.69, 9.17) is 10.2 Å². The highest BCUT2D eigenvalue weighted by atomic mass is 16.3. The van der Waals surface area contributed by atoms with Gasteiger partial charge in [0.25, 0.3) is 0 Å². The van der Waals surface area contributed by atoms with E-state index >= 15 is 0 Å². The molecule has 1 heterocycles. The third-order valence-corrected chi connectivity index (χ3v) is 3.24. The average Bonchev–Trinajstić information content (AvgIpc) is 2.85. The highest BCUT2D eigenvalue weighted by Crippen LogP contribution is 2.23. The number of oxazole rings is 1. The Morgan fingerprint density at radius 1 is 1.11 bits per heavy atom. The maximum atomic E-state index is 6.18. The van der Waals surface area contributed by atoms with Gasteiger partial charge in [-0.15, -0.1) is 0 Å². The number of fused-ring (bicyclic) bond motifs is 1. The van der Waals surface area contributed by atoms with Crippen LogP contribution in [-0.4, -0.2) is 4.98 Å². The molecule has 3 heteroatoms. The molecule has 0 saturated heterocycles. The zero-order valence-electron chi connectivity index (χ0n) is 10.8. The van der Waals surface area contributed by atoms with Crippen molar-refractivity contribution in [2.75, 3.05) is 0 Å². The molecule has 2 N–H and O–H groups in total. The van der Waals surface area contributed by atoms with Crippen LogP contribution in [0.25, 0.3) is 11.1 Å². The molecule has 0 radical (unpaired) electrons. The summed E-state index contributed by atoms with van der Waals surface area (Å²) in [6.45, 7) is 2.01. The summed E-state index contributed by atoms with van der Waals surface area (Å²) in [6.07, 6.45) is 0.729. The Kier molecular flexibility index (Phi) is 3.05. The molecule has 0 spiro atoms. The van der Waals surface area contributed by atoms with Crippen molar-refractivity contribution in [3.05, 3.63) is 65.5 Å². The predicted octanol–water partition coefficient (Wildman–Crippen LogP) is 3.38. The molecule has 0 bridgehead atoms. The summed E-state index contributed by atoms with van der Waals surface area (Å²) in [6, 6.07) is 15.9. The fourth-order valence-electron chi connectivity index (χ4n) is 2.22. The molecular weight excluding hydrogens is 236 g/mol. The van der Waals surface area contributed by atoms with Gasteiger partial charge in [-0.3, -0.25) is 0 Å². The Morgan fingerprint density at radius 3 is 2.63 bits per heavy atom. The second-order valence-electron chi connectivity index (χ2n) is 4.77. The molecule has 0 aliphatic heterocycles. The largest absolute Gasteiger partial charge is 0.439 e. The lowest BCUT2D eigenvalue weighted by Gasteiger charge is -2.06. The second kappa shape index (κ2) is 4.86. The monoisotopic (exact) mass is 252 g/mol. The van der Waals surface area contributed by atoms with Gasteiger partial charge in [0.15, 0.2) is 5.58 Å². The van der Waals surface area contributed by atoms with E-state index in [0.29, 0.717) is 5.89 Å². The van der Waals surface area contributed by atoms with Crippen LogP contribution in [0.3, 0.4) is 0 Å². The first-order chi connectivity index (χ1) is 9.24. The Balaban J connectivity index is 1.89. The Bertz CT molecular complexity index is 688. The normalized spacial score (nSPS) is 12.7. The van der Waals surface area contributed by atoms with Crippen molar-refractivity contribution in [1.29, 1.82) is 0 Å². The van der Waals surface area contributed by atoms with Gasteiger partial charge in [-0.1, -0.05) is 42.5 Å². The maximum Gasteiger partial charge on any atom is 0.212 e. The number of para-hydroxylation sites is 1. The molecule has 1 atom stereocenters. The third-order valence-electron chi connectivity index (χ3n) is 3.24. The van der Waals surface area contributed by atoms with Crippen LogP contribution in [-0.2, 0) is 6.42 Å². The molecule has 0 aliphatic rings. The van der Waals surface area contributed by atoms with E-state index in [9.17, 15) is 0 Å². The van der Waals surface area contributed by atoms with Crippen LogP contribution in [0.2, 0.25) is 0 Å². The van der Waals surface area contributed by atoms with Crippen LogP contribution in [0.4, 0.5) is 0 Å². The molecule has 0 aliphatic carbocycles. The van der Waals surface area contributed by atoms with Crippen molar-refractivity contribution in [2.24, 2.45) is 5.73 Å². The summed E-state index contributed by atoms with van der Waals surface area (Å²) < 4.78 is 5.80. The number of aryl methyl sites for hydroxylation is 1. The minimum Gasteiger partial charge on any atom is -0.439 e. The minimum absolute atomic E-state index is 0.214. The Hall–Kier alpha value is -2.13. The summed E-state index contributed by atoms with van der Waals surface area (Å²) >= 11 is 0. The number of hydrogen-bond acceptors (Lipinski definition) is 3. The predicted molar refractivity (Wildman–Crippen MR) is 75.8 cm³/mol. The molecule has 3 nitrogen and oxygen atoms in total. The maximum absolute atomic E-state index is 6.18. The molecule has 19 heavy (non-hydrogen) atoms. The molecule has 3 aromatic rings. The van der Waals surface area contributed by atoms with Gasteiger partial charge < -0.3 is 10.2 Å². The summed E-state index contributed by atoms with van der Waals surface area (Å²) in [4.78, 5) is 4.48. The van der Waals surface area contributed by atoms with Gasteiger partial charge in [-0.2, -0.15) is 0 Å². The van der Waals surface area contributed by atoms with E-state index in [-0.39, 0.29) is 6.04 Å². The lowest BCUT2D eigenvalue weighted by Crippen LogP contribution is -2.13. The SMILES string of the molecule is Cc1cccc2nc(C(N)Cc3ccccc3)oc12. The molecule has 2 aromatic carbocycles. The van der Waals surface area contributed by atoms with E-state index in [1.165, 1.54) is 5.56 Å². The summed E-state index contributed by atoms with van der Waals surface area (Å²) in [7, 11) is 0. The summed E-state index contributed by atoms with van der Waals surface area (Å²) in [5.74, 6) is 0.605. The molecule has 1 unspecified atom stereocenters. The van der Waals surface area contributed by atoms with E-state index in [1.54, 1.807) is 0 Å². The van der Waals surface area contributed by atoms with E-state index in [0.717, 1.165) is 23.1 Å². The lowest BCUT2D eigenvalue weighted by atomic mass is 10.1. The standard InChI is InChI=1S/C16H16N2O/c1-11-6-5-9-14-15(11)19-16(18-14)13(17)10-12-7-3-2-4-8-12/h2-9,13H,10,17H2,1H3. The first kappa shape index (κ1) is 11.9. The number of nitrogens with two attached hydrogens (primary N) is 1. The number of rotatable bonds is 3. The van der Waals surface area contributed by atoms with Gasteiger partial charge in [0, 0.05) is 0 Å². The molecule has 1 aromatic heterocycles. The van der Waals surface area contributed by atoms with E-state index < -0.39 is 0 Å². The highest BCUT2D eigenvalue weighted by molar-refractivity contribution is 5.76. The quantitative estimate of drug-likeness (QED) is 0.777. The first-order valence-corrected chi connectivity index (χ1v) is 6.39. The van der Waals surface area contributed by atoms with Crippen LogP contribution in [0, 0.1) is 6.92 Å². The van der Waals surface area contributed by atoms with Gasteiger partial charge >= 0.3 is 0 Å². The van der Waals surface area contributed by atoms with Gasteiger partial charge in [0.1, 0.15) is 5.52 Å². The van der Waals surface area contributed by atoms with Crippen molar-refractivity contribution >= 4 is 11.1 Å². The van der Waals surface area contributed by atoms with Gasteiger partial charge in [0.05, 0.1) is 6.04 Å². The van der Waals surface area contributed by atoms with Crippen molar-refractivity contribution < 1.29 is 4.42 Å². The Morgan fingerprint density at radius 2 is 1.89 bits per heavy atom. The fraction of sp³-hybridized carbons (Fsp3) is 0.188. The number of hydrogen-bond donors (Lipinski definition) is 1. The van der Waals surface area contributed by atoms with Crippen molar-refractivity contribution in [3.63, 3.8) is 0 Å². The number of aromatic nitrogens is 1. The van der Waals surface area contributed by atoms with Crippen LogP contribution in [0.5, 0.6) is 0 Å². The second-order valence-corrected chi connectivity index (χ2v) is 4.77. The smallest absolute Gasteiger partial charge is 0.212 e. The number of nitrogens with zero attached hydrogens (tertiary/aromatic N) is 1. The Labute approximate surface area is 112 Å². The van der Waals surface area contributed by atoms with Crippen LogP contribution >= 0.6 is 0 Å². The molecule has 0 amide bonds.